The van der Waals surface area contributed by atoms with Crippen LogP contribution in [0.2, 0.25) is 5.02 Å². The molecule has 2 aromatic carbocycles. The summed E-state index contributed by atoms with van der Waals surface area (Å²) < 4.78 is 0. The van der Waals surface area contributed by atoms with E-state index >= 15 is 0 Å². The summed E-state index contributed by atoms with van der Waals surface area (Å²) in [5.74, 6) is 0.331. The molecule has 0 bridgehead atoms. The van der Waals surface area contributed by atoms with E-state index in [1.54, 1.807) is 36.4 Å². The van der Waals surface area contributed by atoms with Crippen molar-refractivity contribution < 1.29 is 10.2 Å². The molecule has 0 spiro atoms. The molecule has 1 heterocycles. The third-order valence-electron chi connectivity index (χ3n) is 2.96. The maximum Gasteiger partial charge on any atom is 0.209 e. The highest BCUT2D eigenvalue weighted by atomic mass is 35.5. The molecule has 0 saturated heterocycles. The molecule has 22 heavy (non-hydrogen) atoms. The fourth-order valence-corrected chi connectivity index (χ4v) is 2.69. The van der Waals surface area contributed by atoms with Gasteiger partial charge in [0.2, 0.25) is 5.13 Å². The highest BCUT2D eigenvalue weighted by molar-refractivity contribution is 7.13. The van der Waals surface area contributed by atoms with Crippen molar-refractivity contribution >= 4 is 34.3 Å². The van der Waals surface area contributed by atoms with Gasteiger partial charge in [-0.1, -0.05) is 11.6 Å². The molecule has 0 amide bonds. The zero-order chi connectivity index (χ0) is 15.5. The lowest BCUT2D eigenvalue weighted by Crippen LogP contribution is -1.82. The van der Waals surface area contributed by atoms with Crippen molar-refractivity contribution in [3.63, 3.8) is 0 Å². The van der Waals surface area contributed by atoms with Crippen molar-refractivity contribution in [2.24, 2.45) is 4.99 Å². The molecule has 0 aliphatic rings. The minimum Gasteiger partial charge on any atom is -0.508 e. The van der Waals surface area contributed by atoms with E-state index in [1.807, 2.05) is 5.38 Å². The summed E-state index contributed by atoms with van der Waals surface area (Å²) in [5.41, 5.74) is 2.22. The van der Waals surface area contributed by atoms with Crippen LogP contribution in [0.25, 0.3) is 11.3 Å². The van der Waals surface area contributed by atoms with Gasteiger partial charge in [-0.25, -0.2) is 9.98 Å². The van der Waals surface area contributed by atoms with E-state index in [1.165, 1.54) is 23.6 Å². The number of phenols is 2. The molecule has 0 unspecified atom stereocenters. The Hall–Kier alpha value is -2.37. The van der Waals surface area contributed by atoms with Crippen molar-refractivity contribution in [1.82, 2.24) is 4.98 Å². The van der Waals surface area contributed by atoms with E-state index in [4.69, 9.17) is 11.6 Å². The SMILES string of the molecule is Oc1ccc(-c2csc(/N=C/c3cc(Cl)ccc3O)n2)cc1. The number of aromatic nitrogens is 1. The van der Waals surface area contributed by atoms with Gasteiger partial charge in [-0.15, -0.1) is 11.3 Å². The Morgan fingerprint density at radius 2 is 1.86 bits per heavy atom. The smallest absolute Gasteiger partial charge is 0.209 e. The summed E-state index contributed by atoms with van der Waals surface area (Å²) >= 11 is 7.28. The minimum absolute atomic E-state index is 0.114. The number of benzene rings is 2. The molecule has 0 aliphatic heterocycles. The first kappa shape index (κ1) is 14.6. The zero-order valence-corrected chi connectivity index (χ0v) is 12.8. The number of aromatic hydroxyl groups is 2. The van der Waals surface area contributed by atoms with Crippen molar-refractivity contribution in [3.8, 4) is 22.8 Å². The number of aliphatic imine (C=N–C) groups is 1. The summed E-state index contributed by atoms with van der Waals surface area (Å²) in [4.78, 5) is 8.66. The predicted molar refractivity (Wildman–Crippen MR) is 89.6 cm³/mol. The Labute approximate surface area is 136 Å². The van der Waals surface area contributed by atoms with Crippen LogP contribution in [-0.4, -0.2) is 21.4 Å². The number of hydrogen-bond donors (Lipinski definition) is 2. The topological polar surface area (TPSA) is 65.7 Å². The lowest BCUT2D eigenvalue weighted by molar-refractivity contribution is 0.474. The van der Waals surface area contributed by atoms with Crippen molar-refractivity contribution in [3.05, 3.63) is 58.4 Å². The number of rotatable bonds is 3. The first-order valence-corrected chi connectivity index (χ1v) is 7.65. The zero-order valence-electron chi connectivity index (χ0n) is 11.3. The fraction of sp³-hybridized carbons (Fsp3) is 0. The normalized spacial score (nSPS) is 11.1. The van der Waals surface area contributed by atoms with Crippen LogP contribution in [0.5, 0.6) is 11.5 Å². The van der Waals surface area contributed by atoms with Gasteiger partial charge in [-0.3, -0.25) is 0 Å². The van der Waals surface area contributed by atoms with E-state index in [-0.39, 0.29) is 11.5 Å². The molecule has 3 aromatic rings. The highest BCUT2D eigenvalue weighted by Gasteiger charge is 2.04. The van der Waals surface area contributed by atoms with E-state index in [0.717, 1.165) is 11.3 Å². The summed E-state index contributed by atoms with van der Waals surface area (Å²) in [5, 5.41) is 22.0. The third kappa shape index (κ3) is 3.27. The second-order valence-corrected chi connectivity index (χ2v) is 5.80. The molecular formula is C16H11ClN2O2S. The van der Waals surface area contributed by atoms with Crippen LogP contribution in [0.3, 0.4) is 0 Å². The summed E-state index contributed by atoms with van der Waals surface area (Å²) in [6, 6.07) is 11.6. The van der Waals surface area contributed by atoms with Gasteiger partial charge in [-0.05, 0) is 42.5 Å². The minimum atomic E-state index is 0.114. The van der Waals surface area contributed by atoms with Crippen LogP contribution in [0, 0.1) is 0 Å². The molecule has 1 aromatic heterocycles. The average molecular weight is 331 g/mol. The third-order valence-corrected chi connectivity index (χ3v) is 3.94. The highest BCUT2D eigenvalue weighted by Crippen LogP contribution is 2.28. The molecule has 0 saturated carbocycles. The number of phenolic OH excluding ortho intramolecular Hbond substituents is 2. The summed E-state index contributed by atoms with van der Waals surface area (Å²) in [7, 11) is 0. The van der Waals surface area contributed by atoms with Crippen molar-refractivity contribution in [1.29, 1.82) is 0 Å². The van der Waals surface area contributed by atoms with Crippen LogP contribution >= 0.6 is 22.9 Å². The van der Waals surface area contributed by atoms with Gasteiger partial charge in [-0.2, -0.15) is 0 Å². The maximum absolute atomic E-state index is 9.73. The molecule has 0 radical (unpaired) electrons. The monoisotopic (exact) mass is 330 g/mol. The van der Waals surface area contributed by atoms with E-state index in [9.17, 15) is 10.2 Å². The summed E-state index contributed by atoms with van der Waals surface area (Å²) in [6.07, 6.45) is 1.53. The van der Waals surface area contributed by atoms with Crippen molar-refractivity contribution in [2.45, 2.75) is 0 Å². The second-order valence-electron chi connectivity index (χ2n) is 4.52. The van der Waals surface area contributed by atoms with Crippen LogP contribution in [0.1, 0.15) is 5.56 Å². The second kappa shape index (κ2) is 6.17. The largest absolute Gasteiger partial charge is 0.508 e. The fourth-order valence-electron chi connectivity index (χ4n) is 1.84. The maximum atomic E-state index is 9.73. The quantitative estimate of drug-likeness (QED) is 0.688. The Balaban J connectivity index is 1.83. The van der Waals surface area contributed by atoms with E-state index in [0.29, 0.717) is 15.7 Å². The standard InChI is InChI=1S/C16H11ClN2O2S/c17-12-3-6-15(21)11(7-12)8-18-16-19-14(9-22-16)10-1-4-13(20)5-2-10/h1-9,20-21H/b18-8+. The number of halogens is 1. The molecule has 0 fully saturated rings. The summed E-state index contributed by atoms with van der Waals surface area (Å²) in [6.45, 7) is 0. The molecule has 3 rings (SSSR count). The van der Waals surface area contributed by atoms with Crippen LogP contribution < -0.4 is 0 Å². The molecule has 0 atom stereocenters. The first-order valence-electron chi connectivity index (χ1n) is 6.39. The average Bonchev–Trinajstić information content (AvgIpc) is 2.98. The first-order chi connectivity index (χ1) is 10.6. The molecule has 110 valence electrons. The van der Waals surface area contributed by atoms with Crippen LogP contribution in [0.4, 0.5) is 5.13 Å². The van der Waals surface area contributed by atoms with Gasteiger partial charge in [0.1, 0.15) is 11.5 Å². The molecular weight excluding hydrogens is 320 g/mol. The molecule has 6 heteroatoms. The molecule has 0 aliphatic carbocycles. The van der Waals surface area contributed by atoms with Gasteiger partial charge < -0.3 is 10.2 Å². The Morgan fingerprint density at radius 1 is 1.09 bits per heavy atom. The molecule has 4 nitrogen and oxygen atoms in total. The Kier molecular flexibility index (Phi) is 4.09. The predicted octanol–water partition coefficient (Wildman–Crippen LogP) is 4.63. The van der Waals surface area contributed by atoms with Crippen molar-refractivity contribution in [2.75, 3.05) is 0 Å². The lowest BCUT2D eigenvalue weighted by atomic mass is 10.2. The number of hydrogen-bond acceptors (Lipinski definition) is 5. The van der Waals surface area contributed by atoms with E-state index < -0.39 is 0 Å². The lowest BCUT2D eigenvalue weighted by Gasteiger charge is -1.98. The Bertz CT molecular complexity index is 828. The van der Waals surface area contributed by atoms with E-state index in [2.05, 4.69) is 9.98 Å². The van der Waals surface area contributed by atoms with Gasteiger partial charge in [0.15, 0.2) is 0 Å². The van der Waals surface area contributed by atoms with Crippen LogP contribution in [-0.2, 0) is 0 Å². The molecule has 2 N–H and O–H groups in total. The van der Waals surface area contributed by atoms with Gasteiger partial charge in [0.05, 0.1) is 5.69 Å². The van der Waals surface area contributed by atoms with Gasteiger partial charge in [0.25, 0.3) is 0 Å². The van der Waals surface area contributed by atoms with Gasteiger partial charge >= 0.3 is 0 Å². The number of thiazole rings is 1. The van der Waals surface area contributed by atoms with Gasteiger partial charge in [0, 0.05) is 27.7 Å². The number of nitrogens with zero attached hydrogens (tertiary/aromatic N) is 2. The van der Waals surface area contributed by atoms with Crippen LogP contribution in [0.15, 0.2) is 52.8 Å². The Morgan fingerprint density at radius 3 is 2.64 bits per heavy atom.